The number of benzene rings is 1. The van der Waals surface area contributed by atoms with Crippen LogP contribution in [0.3, 0.4) is 0 Å². The summed E-state index contributed by atoms with van der Waals surface area (Å²) in [5.74, 6) is 2.31. The highest BCUT2D eigenvalue weighted by Crippen LogP contribution is 2.24. The second kappa shape index (κ2) is 8.71. The molecule has 0 bridgehead atoms. The van der Waals surface area contributed by atoms with Crippen molar-refractivity contribution in [3.8, 4) is 17.1 Å². The zero-order valence-electron chi connectivity index (χ0n) is 17.2. The van der Waals surface area contributed by atoms with Crippen LogP contribution >= 0.6 is 0 Å². The van der Waals surface area contributed by atoms with Crippen molar-refractivity contribution in [2.75, 3.05) is 38.3 Å². The molecule has 29 heavy (non-hydrogen) atoms. The van der Waals surface area contributed by atoms with Crippen LogP contribution in [0, 0.1) is 6.92 Å². The summed E-state index contributed by atoms with van der Waals surface area (Å²) < 4.78 is 12.9. The third-order valence-electron chi connectivity index (χ3n) is 5.13. The van der Waals surface area contributed by atoms with E-state index >= 15 is 0 Å². The lowest BCUT2D eigenvalue weighted by Crippen LogP contribution is -2.37. The minimum Gasteiger partial charge on any atom is -0.378 e. The average molecular weight is 393 g/mol. The lowest BCUT2D eigenvalue weighted by molar-refractivity contribution is 0.0923. The summed E-state index contributed by atoms with van der Waals surface area (Å²) in [6.45, 7) is 7.19. The molecular formula is C22H27N5O2. The average Bonchev–Trinajstić information content (AvgIpc) is 3.26. The summed E-state index contributed by atoms with van der Waals surface area (Å²) in [4.78, 5) is 11.8. The Bertz CT molecular complexity index is 961. The van der Waals surface area contributed by atoms with Crippen molar-refractivity contribution in [3.63, 3.8) is 0 Å². The molecule has 2 aromatic heterocycles. The quantitative estimate of drug-likeness (QED) is 0.638. The van der Waals surface area contributed by atoms with Gasteiger partial charge in [-0.2, -0.15) is 5.10 Å². The third-order valence-corrected chi connectivity index (χ3v) is 5.13. The molecule has 4 rings (SSSR count). The van der Waals surface area contributed by atoms with E-state index in [9.17, 15) is 0 Å². The standard InChI is InChI=1S/C22H27N5O2/c1-4-19(28-3)22-23-20(26-10-12-29-13-11-26)15-21(24-22)27-9-8-18(25-27)17-7-5-6-16(2)14-17/h5-9,14-15,19H,4,10-13H2,1-3H3/t19-/m0/s1. The first kappa shape index (κ1) is 19.5. The zero-order chi connectivity index (χ0) is 20.2. The fourth-order valence-corrected chi connectivity index (χ4v) is 3.52. The van der Waals surface area contributed by atoms with Gasteiger partial charge in [0.25, 0.3) is 0 Å². The highest BCUT2D eigenvalue weighted by atomic mass is 16.5. The van der Waals surface area contributed by atoms with E-state index in [0.29, 0.717) is 19.0 Å². The first-order valence-corrected chi connectivity index (χ1v) is 10.1. The van der Waals surface area contributed by atoms with Gasteiger partial charge in [0.2, 0.25) is 0 Å². The molecule has 0 aliphatic carbocycles. The maximum Gasteiger partial charge on any atom is 0.161 e. The van der Waals surface area contributed by atoms with Crippen LogP contribution in [0.5, 0.6) is 0 Å². The van der Waals surface area contributed by atoms with E-state index < -0.39 is 0 Å². The van der Waals surface area contributed by atoms with Crippen molar-refractivity contribution in [1.82, 2.24) is 19.7 Å². The summed E-state index contributed by atoms with van der Waals surface area (Å²) in [6.07, 6.45) is 2.60. The molecule has 0 unspecified atom stereocenters. The largest absolute Gasteiger partial charge is 0.378 e. The van der Waals surface area contributed by atoms with Crippen LogP contribution in [-0.4, -0.2) is 53.2 Å². The van der Waals surface area contributed by atoms with Crippen molar-refractivity contribution in [2.24, 2.45) is 0 Å². The van der Waals surface area contributed by atoms with E-state index in [1.807, 2.05) is 29.1 Å². The second-order valence-corrected chi connectivity index (χ2v) is 7.19. The molecule has 3 heterocycles. The Morgan fingerprint density at radius 1 is 1.10 bits per heavy atom. The normalized spacial score (nSPS) is 15.5. The summed E-state index contributed by atoms with van der Waals surface area (Å²) in [5, 5.41) is 4.77. The van der Waals surface area contributed by atoms with Gasteiger partial charge in [0.05, 0.1) is 18.9 Å². The molecule has 0 saturated carbocycles. The SMILES string of the molecule is CC[C@H](OC)c1nc(N2CCOCC2)cc(-n2ccc(-c3cccc(C)c3)n2)n1. The number of methoxy groups -OCH3 is 1. The van der Waals surface area contributed by atoms with Crippen LogP contribution < -0.4 is 4.90 Å². The Balaban J connectivity index is 1.73. The van der Waals surface area contributed by atoms with Gasteiger partial charge in [-0.1, -0.05) is 30.7 Å². The van der Waals surface area contributed by atoms with Crippen molar-refractivity contribution < 1.29 is 9.47 Å². The van der Waals surface area contributed by atoms with E-state index in [-0.39, 0.29) is 6.10 Å². The highest BCUT2D eigenvalue weighted by molar-refractivity contribution is 5.60. The number of hydrogen-bond donors (Lipinski definition) is 0. The van der Waals surface area contributed by atoms with Gasteiger partial charge in [-0.05, 0) is 25.5 Å². The van der Waals surface area contributed by atoms with Crippen LogP contribution in [-0.2, 0) is 9.47 Å². The number of anilines is 1. The van der Waals surface area contributed by atoms with Gasteiger partial charge in [-0.15, -0.1) is 0 Å². The molecule has 0 radical (unpaired) electrons. The molecule has 0 N–H and O–H groups in total. The molecule has 1 aromatic carbocycles. The van der Waals surface area contributed by atoms with Gasteiger partial charge in [0.15, 0.2) is 11.6 Å². The van der Waals surface area contributed by atoms with Crippen LogP contribution in [0.4, 0.5) is 5.82 Å². The van der Waals surface area contributed by atoms with Gasteiger partial charge in [-0.3, -0.25) is 0 Å². The van der Waals surface area contributed by atoms with Crippen LogP contribution in [0.1, 0.15) is 30.8 Å². The third kappa shape index (κ3) is 4.31. The number of ether oxygens (including phenoxy) is 2. The zero-order valence-corrected chi connectivity index (χ0v) is 17.2. The maximum absolute atomic E-state index is 5.61. The lowest BCUT2D eigenvalue weighted by Gasteiger charge is -2.28. The molecular weight excluding hydrogens is 366 g/mol. The Morgan fingerprint density at radius 3 is 2.62 bits per heavy atom. The molecule has 7 nitrogen and oxygen atoms in total. The van der Waals surface area contributed by atoms with Crippen LogP contribution in [0.2, 0.25) is 0 Å². The van der Waals surface area contributed by atoms with Crippen LogP contribution in [0.15, 0.2) is 42.6 Å². The Hall–Kier alpha value is -2.77. The highest BCUT2D eigenvalue weighted by Gasteiger charge is 2.20. The maximum atomic E-state index is 5.61. The van der Waals surface area contributed by atoms with Crippen molar-refractivity contribution in [1.29, 1.82) is 0 Å². The second-order valence-electron chi connectivity index (χ2n) is 7.19. The molecule has 152 valence electrons. The monoisotopic (exact) mass is 393 g/mol. The predicted octanol–water partition coefficient (Wildman–Crippen LogP) is 3.57. The lowest BCUT2D eigenvalue weighted by atomic mass is 10.1. The minimum absolute atomic E-state index is 0.151. The smallest absolute Gasteiger partial charge is 0.161 e. The van der Waals surface area contributed by atoms with E-state index in [1.165, 1.54) is 5.56 Å². The number of nitrogens with zero attached hydrogens (tertiary/aromatic N) is 5. The molecule has 1 atom stereocenters. The van der Waals surface area contributed by atoms with Gasteiger partial charge in [0, 0.05) is 38.0 Å². The van der Waals surface area contributed by atoms with E-state index in [2.05, 4.69) is 36.9 Å². The number of rotatable bonds is 6. The van der Waals surface area contributed by atoms with Gasteiger partial charge >= 0.3 is 0 Å². The van der Waals surface area contributed by atoms with Crippen molar-refractivity contribution >= 4 is 5.82 Å². The van der Waals surface area contributed by atoms with E-state index in [1.54, 1.807) is 7.11 Å². The Kier molecular flexibility index (Phi) is 5.87. The first-order chi connectivity index (χ1) is 14.2. The molecule has 0 spiro atoms. The molecule has 1 aliphatic rings. The molecule has 0 amide bonds. The fraction of sp³-hybridized carbons (Fsp3) is 0.409. The van der Waals surface area contributed by atoms with Gasteiger partial charge in [-0.25, -0.2) is 14.6 Å². The van der Waals surface area contributed by atoms with Gasteiger partial charge in [0.1, 0.15) is 11.9 Å². The summed E-state index contributed by atoms with van der Waals surface area (Å²) in [7, 11) is 1.70. The molecule has 1 fully saturated rings. The fourth-order valence-electron chi connectivity index (χ4n) is 3.52. The van der Waals surface area contributed by atoms with Crippen molar-refractivity contribution in [3.05, 3.63) is 54.0 Å². The first-order valence-electron chi connectivity index (χ1n) is 10.1. The topological polar surface area (TPSA) is 65.3 Å². The van der Waals surface area contributed by atoms with Gasteiger partial charge < -0.3 is 14.4 Å². The predicted molar refractivity (Wildman–Crippen MR) is 112 cm³/mol. The molecule has 7 heteroatoms. The van der Waals surface area contributed by atoms with E-state index in [4.69, 9.17) is 24.5 Å². The Labute approximate surface area is 171 Å². The van der Waals surface area contributed by atoms with E-state index in [0.717, 1.165) is 42.4 Å². The van der Waals surface area contributed by atoms with Crippen LogP contribution in [0.25, 0.3) is 17.1 Å². The number of morpholine rings is 1. The summed E-state index contributed by atoms with van der Waals surface area (Å²) in [5.41, 5.74) is 3.22. The number of aromatic nitrogens is 4. The summed E-state index contributed by atoms with van der Waals surface area (Å²) in [6, 6.07) is 12.3. The number of aryl methyl sites for hydroxylation is 1. The molecule has 3 aromatic rings. The molecule has 1 saturated heterocycles. The van der Waals surface area contributed by atoms with Crippen molar-refractivity contribution in [2.45, 2.75) is 26.4 Å². The minimum atomic E-state index is -0.151. The summed E-state index contributed by atoms with van der Waals surface area (Å²) >= 11 is 0. The Morgan fingerprint density at radius 2 is 1.90 bits per heavy atom. The number of hydrogen-bond acceptors (Lipinski definition) is 6. The molecule has 1 aliphatic heterocycles.